The highest BCUT2D eigenvalue weighted by Gasteiger charge is 2.58. The summed E-state index contributed by atoms with van der Waals surface area (Å²) in [6.07, 6.45) is 3.12. The van der Waals surface area contributed by atoms with Crippen molar-refractivity contribution in [1.82, 2.24) is 0 Å². The van der Waals surface area contributed by atoms with E-state index in [1.54, 1.807) is 0 Å². The zero-order valence-electron chi connectivity index (χ0n) is 15.4. The summed E-state index contributed by atoms with van der Waals surface area (Å²) in [7, 11) is -1.84. The van der Waals surface area contributed by atoms with Crippen molar-refractivity contribution in [2.45, 2.75) is 102 Å². The first kappa shape index (κ1) is 18.4. The van der Waals surface area contributed by atoms with Crippen molar-refractivity contribution in [1.29, 1.82) is 0 Å². The molecule has 1 aliphatic carbocycles. The fraction of sp³-hybridized carbons (Fsp3) is 1.00. The molecule has 130 valence electrons. The molecule has 5 heteroatoms. The van der Waals surface area contributed by atoms with E-state index in [2.05, 4.69) is 33.9 Å². The van der Waals surface area contributed by atoms with Crippen LogP contribution >= 0.6 is 0 Å². The topological polar surface area (TPSA) is 47.9 Å². The molecule has 22 heavy (non-hydrogen) atoms. The van der Waals surface area contributed by atoms with Gasteiger partial charge in [0.1, 0.15) is 11.7 Å². The number of aliphatic hydroxyl groups is 1. The van der Waals surface area contributed by atoms with E-state index >= 15 is 0 Å². The van der Waals surface area contributed by atoms with Gasteiger partial charge in [-0.05, 0) is 44.8 Å². The first-order chi connectivity index (χ1) is 9.90. The number of aliphatic hydroxyl groups excluding tert-OH is 1. The Morgan fingerprint density at radius 2 is 1.86 bits per heavy atom. The monoisotopic (exact) mass is 330 g/mol. The van der Waals surface area contributed by atoms with Crippen molar-refractivity contribution in [2.75, 3.05) is 6.61 Å². The molecule has 1 N–H and O–H groups in total. The Balaban J connectivity index is 2.14. The van der Waals surface area contributed by atoms with E-state index in [1.807, 2.05) is 13.8 Å². The lowest BCUT2D eigenvalue weighted by atomic mass is 9.78. The predicted octanol–water partition coefficient (Wildman–Crippen LogP) is 3.83. The van der Waals surface area contributed by atoms with E-state index in [0.29, 0.717) is 6.61 Å². The number of hydrogen-bond donors (Lipinski definition) is 1. The van der Waals surface area contributed by atoms with E-state index in [4.69, 9.17) is 13.9 Å². The van der Waals surface area contributed by atoms with Gasteiger partial charge in [-0.15, -0.1) is 0 Å². The maximum Gasteiger partial charge on any atom is 0.192 e. The average molecular weight is 331 g/mol. The van der Waals surface area contributed by atoms with Gasteiger partial charge in [-0.3, -0.25) is 0 Å². The summed E-state index contributed by atoms with van der Waals surface area (Å²) < 4.78 is 18.7. The minimum absolute atomic E-state index is 0.167. The van der Waals surface area contributed by atoms with Crippen LogP contribution in [-0.4, -0.2) is 43.6 Å². The van der Waals surface area contributed by atoms with Crippen LogP contribution in [0.2, 0.25) is 18.1 Å². The van der Waals surface area contributed by atoms with Crippen molar-refractivity contribution in [3.05, 3.63) is 0 Å². The predicted molar refractivity (Wildman–Crippen MR) is 90.4 cm³/mol. The standard InChI is InChI=1S/C17H34O4Si/c1-15(2,3)22(6,7)19-12-14-17(21-16(4,5)20-14)11-9-8-10-13(17)18/h13-14,18H,8-12H2,1-7H3/t13?,14-,17-/m1/s1. The van der Waals surface area contributed by atoms with Gasteiger partial charge in [-0.2, -0.15) is 0 Å². The molecule has 0 bridgehead atoms. The highest BCUT2D eigenvalue weighted by molar-refractivity contribution is 6.74. The summed E-state index contributed by atoms with van der Waals surface area (Å²) in [5.41, 5.74) is -0.593. The molecule has 4 nitrogen and oxygen atoms in total. The van der Waals surface area contributed by atoms with Crippen LogP contribution in [0.15, 0.2) is 0 Å². The van der Waals surface area contributed by atoms with Crippen LogP contribution in [0, 0.1) is 0 Å². The van der Waals surface area contributed by atoms with Gasteiger partial charge in [0.05, 0.1) is 12.7 Å². The Kier molecular flexibility index (Phi) is 4.89. The minimum atomic E-state index is -1.84. The van der Waals surface area contributed by atoms with Crippen LogP contribution in [0.3, 0.4) is 0 Å². The molecule has 1 aliphatic heterocycles. The third-order valence-corrected chi connectivity index (χ3v) is 10.2. The van der Waals surface area contributed by atoms with E-state index in [-0.39, 0.29) is 11.1 Å². The SMILES string of the molecule is CC1(C)O[C@H](CO[Si](C)(C)C(C)(C)C)[C@]2(CCCCC2O)O1. The largest absolute Gasteiger partial charge is 0.414 e. The summed E-state index contributed by atoms with van der Waals surface area (Å²) in [4.78, 5) is 0. The molecular weight excluding hydrogens is 296 g/mol. The Labute approximate surface area is 136 Å². The minimum Gasteiger partial charge on any atom is -0.414 e. The third-order valence-electron chi connectivity index (χ3n) is 5.67. The fourth-order valence-electron chi connectivity index (χ4n) is 3.31. The number of ether oxygens (including phenoxy) is 2. The van der Waals surface area contributed by atoms with Crippen molar-refractivity contribution in [3.63, 3.8) is 0 Å². The molecule has 2 rings (SSSR count). The molecule has 0 aromatic carbocycles. The highest BCUT2D eigenvalue weighted by Crippen LogP contribution is 2.46. The van der Waals surface area contributed by atoms with E-state index in [1.165, 1.54) is 0 Å². The van der Waals surface area contributed by atoms with Gasteiger partial charge in [0.2, 0.25) is 0 Å². The molecule has 1 heterocycles. The third kappa shape index (κ3) is 3.43. The van der Waals surface area contributed by atoms with Crippen LogP contribution in [-0.2, 0) is 13.9 Å². The second kappa shape index (κ2) is 5.85. The van der Waals surface area contributed by atoms with Gasteiger partial charge in [-0.1, -0.05) is 33.6 Å². The summed E-state index contributed by atoms with van der Waals surface area (Å²) in [5, 5.41) is 10.8. The van der Waals surface area contributed by atoms with Crippen molar-refractivity contribution in [2.24, 2.45) is 0 Å². The molecule has 1 saturated carbocycles. The van der Waals surface area contributed by atoms with Gasteiger partial charge < -0.3 is 19.0 Å². The molecule has 1 unspecified atom stereocenters. The van der Waals surface area contributed by atoms with Crippen molar-refractivity contribution in [3.8, 4) is 0 Å². The molecule has 1 saturated heterocycles. The molecule has 0 amide bonds. The van der Waals surface area contributed by atoms with Crippen LogP contribution in [0.4, 0.5) is 0 Å². The quantitative estimate of drug-likeness (QED) is 0.799. The van der Waals surface area contributed by atoms with Crippen molar-refractivity contribution < 1.29 is 19.0 Å². The maximum atomic E-state index is 10.6. The van der Waals surface area contributed by atoms with E-state index < -0.39 is 25.8 Å². The van der Waals surface area contributed by atoms with Crippen LogP contribution in [0.5, 0.6) is 0 Å². The molecule has 1 spiro atoms. The van der Waals surface area contributed by atoms with Crippen LogP contribution in [0.1, 0.15) is 60.3 Å². The molecule has 0 radical (unpaired) electrons. The van der Waals surface area contributed by atoms with Gasteiger partial charge in [-0.25, -0.2) is 0 Å². The zero-order valence-corrected chi connectivity index (χ0v) is 16.4. The molecular formula is C17H34O4Si. The summed E-state index contributed by atoms with van der Waals surface area (Å²) in [5.74, 6) is -0.653. The fourth-order valence-corrected chi connectivity index (χ4v) is 4.31. The second-order valence-electron chi connectivity index (χ2n) is 8.90. The highest BCUT2D eigenvalue weighted by atomic mass is 28.4. The molecule has 2 fully saturated rings. The van der Waals surface area contributed by atoms with Crippen molar-refractivity contribution >= 4 is 8.32 Å². The molecule has 2 aliphatic rings. The van der Waals surface area contributed by atoms with Crippen LogP contribution < -0.4 is 0 Å². The Hall–Kier alpha value is 0.0569. The molecule has 0 aromatic rings. The zero-order chi connectivity index (χ0) is 16.8. The average Bonchev–Trinajstić information content (AvgIpc) is 2.61. The van der Waals surface area contributed by atoms with Gasteiger partial charge in [0.15, 0.2) is 14.1 Å². The second-order valence-corrected chi connectivity index (χ2v) is 13.7. The number of rotatable bonds is 3. The van der Waals surface area contributed by atoms with Gasteiger partial charge in [0, 0.05) is 0 Å². The van der Waals surface area contributed by atoms with Gasteiger partial charge >= 0.3 is 0 Å². The molecule has 3 atom stereocenters. The summed E-state index contributed by atoms with van der Waals surface area (Å²) in [6, 6.07) is 0. The number of hydrogen-bond acceptors (Lipinski definition) is 4. The lowest BCUT2D eigenvalue weighted by molar-refractivity contribution is -0.192. The maximum absolute atomic E-state index is 10.6. The lowest BCUT2D eigenvalue weighted by Gasteiger charge is -2.42. The molecule has 0 aromatic heterocycles. The first-order valence-electron chi connectivity index (χ1n) is 8.60. The normalized spacial score (nSPS) is 36.0. The first-order valence-corrected chi connectivity index (χ1v) is 11.5. The van der Waals surface area contributed by atoms with E-state index in [0.717, 1.165) is 25.7 Å². The van der Waals surface area contributed by atoms with Gasteiger partial charge in [0.25, 0.3) is 0 Å². The Bertz CT molecular complexity index is 402. The smallest absolute Gasteiger partial charge is 0.192 e. The Morgan fingerprint density at radius 1 is 1.23 bits per heavy atom. The summed E-state index contributed by atoms with van der Waals surface area (Å²) >= 11 is 0. The lowest BCUT2D eigenvalue weighted by Crippen LogP contribution is -2.55. The van der Waals surface area contributed by atoms with E-state index in [9.17, 15) is 5.11 Å². The Morgan fingerprint density at radius 3 is 2.41 bits per heavy atom. The van der Waals surface area contributed by atoms with Crippen LogP contribution in [0.25, 0.3) is 0 Å². The summed E-state index contributed by atoms with van der Waals surface area (Å²) in [6.45, 7) is 15.6.